The Bertz CT molecular complexity index is 439. The van der Waals surface area contributed by atoms with Crippen molar-refractivity contribution in [2.45, 2.75) is 19.5 Å². The average Bonchev–Trinajstić information content (AvgIpc) is 2.33. The van der Waals surface area contributed by atoms with E-state index in [1.165, 1.54) is 6.07 Å². The van der Waals surface area contributed by atoms with Crippen LogP contribution in [0.4, 0.5) is 4.39 Å². The van der Waals surface area contributed by atoms with Crippen molar-refractivity contribution in [1.82, 2.24) is 10.2 Å². The molecular weight excluding hydrogens is 217 g/mol. The fraction of sp³-hybridized carbons (Fsp3) is 0.462. The molecule has 1 heterocycles. The van der Waals surface area contributed by atoms with E-state index in [1.54, 1.807) is 12.1 Å². The molecule has 1 saturated heterocycles. The van der Waals surface area contributed by atoms with Gasteiger partial charge in [-0.15, -0.1) is 0 Å². The average molecular weight is 233 g/mol. The Morgan fingerprint density at radius 2 is 2.41 bits per heavy atom. The van der Waals surface area contributed by atoms with Crippen LogP contribution in [0.3, 0.4) is 0 Å². The lowest BCUT2D eigenvalue weighted by molar-refractivity contribution is 0.189. The number of benzene rings is 1. The van der Waals surface area contributed by atoms with Crippen LogP contribution in [0.2, 0.25) is 0 Å². The Morgan fingerprint density at radius 3 is 3.12 bits per heavy atom. The van der Waals surface area contributed by atoms with Crippen molar-refractivity contribution < 1.29 is 4.39 Å². The van der Waals surface area contributed by atoms with E-state index in [0.717, 1.165) is 24.2 Å². The smallest absolute Gasteiger partial charge is 0.123 e. The summed E-state index contributed by atoms with van der Waals surface area (Å²) in [5, 5.41) is 12.3. The van der Waals surface area contributed by atoms with E-state index in [-0.39, 0.29) is 11.9 Å². The molecule has 17 heavy (non-hydrogen) atoms. The summed E-state index contributed by atoms with van der Waals surface area (Å²) in [5.74, 6) is -0.205. The number of aryl methyl sites for hydroxylation is 1. The van der Waals surface area contributed by atoms with Gasteiger partial charge in [-0.25, -0.2) is 4.39 Å². The first kappa shape index (κ1) is 12.0. The normalized spacial score (nSPS) is 21.1. The third kappa shape index (κ3) is 2.82. The van der Waals surface area contributed by atoms with Gasteiger partial charge in [0.2, 0.25) is 0 Å². The maximum Gasteiger partial charge on any atom is 0.123 e. The predicted molar refractivity (Wildman–Crippen MR) is 63.8 cm³/mol. The first-order valence-electron chi connectivity index (χ1n) is 5.80. The van der Waals surface area contributed by atoms with Gasteiger partial charge in [-0.3, -0.25) is 4.90 Å². The fourth-order valence-corrected chi connectivity index (χ4v) is 2.12. The van der Waals surface area contributed by atoms with Crippen molar-refractivity contribution >= 4 is 0 Å². The van der Waals surface area contributed by atoms with Gasteiger partial charge in [-0.05, 0) is 30.2 Å². The molecule has 0 spiro atoms. The first-order valence-corrected chi connectivity index (χ1v) is 5.80. The van der Waals surface area contributed by atoms with Crippen molar-refractivity contribution in [3.05, 3.63) is 35.1 Å². The van der Waals surface area contributed by atoms with Crippen molar-refractivity contribution in [1.29, 1.82) is 5.26 Å². The summed E-state index contributed by atoms with van der Waals surface area (Å²) in [6.45, 7) is 5.08. The Balaban J connectivity index is 2.11. The van der Waals surface area contributed by atoms with Gasteiger partial charge in [0, 0.05) is 26.2 Å². The Labute approximate surface area is 101 Å². The summed E-state index contributed by atoms with van der Waals surface area (Å²) in [6.07, 6.45) is 0. The highest BCUT2D eigenvalue weighted by atomic mass is 19.1. The Hall–Kier alpha value is -1.44. The highest BCUT2D eigenvalue weighted by molar-refractivity contribution is 5.26. The third-order valence-electron chi connectivity index (χ3n) is 3.18. The van der Waals surface area contributed by atoms with E-state index < -0.39 is 0 Å². The molecule has 0 saturated carbocycles. The SMILES string of the molecule is Cc1cc(F)ccc1CN1CCNCC1C#N. The molecule has 1 fully saturated rings. The van der Waals surface area contributed by atoms with E-state index in [0.29, 0.717) is 13.1 Å². The molecule has 1 N–H and O–H groups in total. The van der Waals surface area contributed by atoms with Gasteiger partial charge in [0.25, 0.3) is 0 Å². The summed E-state index contributed by atoms with van der Waals surface area (Å²) >= 11 is 0. The third-order valence-corrected chi connectivity index (χ3v) is 3.18. The maximum absolute atomic E-state index is 13.0. The number of halogens is 1. The molecule has 0 aromatic heterocycles. The second-order valence-electron chi connectivity index (χ2n) is 4.39. The summed E-state index contributed by atoms with van der Waals surface area (Å²) in [6, 6.07) is 7.03. The van der Waals surface area contributed by atoms with E-state index in [2.05, 4.69) is 16.3 Å². The van der Waals surface area contributed by atoms with Crippen molar-refractivity contribution in [2.24, 2.45) is 0 Å². The molecule has 1 aromatic carbocycles. The minimum Gasteiger partial charge on any atom is -0.313 e. The molecule has 1 atom stereocenters. The van der Waals surface area contributed by atoms with E-state index in [9.17, 15) is 4.39 Å². The molecule has 1 aliphatic heterocycles. The minimum absolute atomic E-state index is 0.0896. The molecule has 4 heteroatoms. The molecule has 0 aliphatic carbocycles. The highest BCUT2D eigenvalue weighted by Crippen LogP contribution is 2.15. The van der Waals surface area contributed by atoms with E-state index in [4.69, 9.17) is 5.26 Å². The number of rotatable bonds is 2. The lowest BCUT2D eigenvalue weighted by Crippen LogP contribution is -2.50. The van der Waals surface area contributed by atoms with Gasteiger partial charge >= 0.3 is 0 Å². The van der Waals surface area contributed by atoms with E-state index >= 15 is 0 Å². The Morgan fingerprint density at radius 1 is 1.59 bits per heavy atom. The monoisotopic (exact) mass is 233 g/mol. The number of hydrogen-bond acceptors (Lipinski definition) is 3. The number of nitriles is 1. The maximum atomic E-state index is 13.0. The molecule has 0 amide bonds. The molecule has 1 unspecified atom stereocenters. The minimum atomic E-state index is -0.205. The number of nitrogens with one attached hydrogen (secondary N) is 1. The molecule has 1 aliphatic rings. The van der Waals surface area contributed by atoms with Gasteiger partial charge in [-0.2, -0.15) is 5.26 Å². The standard InChI is InChI=1S/C13H16FN3/c1-10-6-12(14)3-2-11(10)9-17-5-4-16-8-13(17)7-15/h2-3,6,13,16H,4-5,8-9H2,1H3. The van der Waals surface area contributed by atoms with Crippen molar-refractivity contribution in [3.63, 3.8) is 0 Å². The van der Waals surface area contributed by atoms with Gasteiger partial charge in [-0.1, -0.05) is 6.07 Å². The van der Waals surface area contributed by atoms with Gasteiger partial charge in [0.05, 0.1) is 6.07 Å². The quantitative estimate of drug-likeness (QED) is 0.840. The summed E-state index contributed by atoms with van der Waals surface area (Å²) in [7, 11) is 0. The topological polar surface area (TPSA) is 39.1 Å². The number of nitrogens with zero attached hydrogens (tertiary/aromatic N) is 2. The van der Waals surface area contributed by atoms with E-state index in [1.807, 2.05) is 6.92 Å². The Kier molecular flexibility index (Phi) is 3.72. The summed E-state index contributed by atoms with van der Waals surface area (Å²) in [5.41, 5.74) is 2.04. The van der Waals surface area contributed by atoms with Gasteiger partial charge in [0.15, 0.2) is 0 Å². The highest BCUT2D eigenvalue weighted by Gasteiger charge is 2.21. The molecule has 90 valence electrons. The zero-order chi connectivity index (χ0) is 12.3. The molecule has 0 bridgehead atoms. The number of hydrogen-bond donors (Lipinski definition) is 1. The van der Waals surface area contributed by atoms with Crippen LogP contribution >= 0.6 is 0 Å². The molecule has 3 nitrogen and oxygen atoms in total. The lowest BCUT2D eigenvalue weighted by Gasteiger charge is -2.32. The molecule has 0 radical (unpaired) electrons. The van der Waals surface area contributed by atoms with Crippen LogP contribution in [-0.4, -0.2) is 30.6 Å². The van der Waals surface area contributed by atoms with Crippen molar-refractivity contribution in [3.8, 4) is 6.07 Å². The summed E-state index contributed by atoms with van der Waals surface area (Å²) in [4.78, 5) is 2.14. The second kappa shape index (κ2) is 5.26. The van der Waals surface area contributed by atoms with Crippen molar-refractivity contribution in [2.75, 3.05) is 19.6 Å². The molecular formula is C13H16FN3. The van der Waals surface area contributed by atoms with Crippen LogP contribution in [-0.2, 0) is 6.54 Å². The zero-order valence-corrected chi connectivity index (χ0v) is 9.91. The van der Waals surface area contributed by atoms with Crippen LogP contribution < -0.4 is 5.32 Å². The van der Waals surface area contributed by atoms with Crippen LogP contribution in [0, 0.1) is 24.1 Å². The van der Waals surface area contributed by atoms with Gasteiger partial charge in [0.1, 0.15) is 11.9 Å². The summed E-state index contributed by atoms with van der Waals surface area (Å²) < 4.78 is 13.0. The van der Waals surface area contributed by atoms with Crippen LogP contribution in [0.25, 0.3) is 0 Å². The second-order valence-corrected chi connectivity index (χ2v) is 4.39. The largest absolute Gasteiger partial charge is 0.313 e. The molecule has 1 aromatic rings. The predicted octanol–water partition coefficient (Wildman–Crippen LogP) is 1.43. The molecule has 2 rings (SSSR count). The van der Waals surface area contributed by atoms with Crippen LogP contribution in [0.15, 0.2) is 18.2 Å². The van der Waals surface area contributed by atoms with Crippen LogP contribution in [0.5, 0.6) is 0 Å². The van der Waals surface area contributed by atoms with Crippen LogP contribution in [0.1, 0.15) is 11.1 Å². The first-order chi connectivity index (χ1) is 8.20. The number of piperazine rings is 1. The van der Waals surface area contributed by atoms with Gasteiger partial charge < -0.3 is 5.32 Å². The zero-order valence-electron chi connectivity index (χ0n) is 9.91. The fourth-order valence-electron chi connectivity index (χ4n) is 2.12. The lowest BCUT2D eigenvalue weighted by atomic mass is 10.1.